The summed E-state index contributed by atoms with van der Waals surface area (Å²) in [4.78, 5) is -0.0124. The van der Waals surface area contributed by atoms with Crippen molar-refractivity contribution >= 4 is 37.6 Å². The van der Waals surface area contributed by atoms with Crippen molar-refractivity contribution in [2.75, 3.05) is 20.2 Å². The molecule has 0 spiro atoms. The fourth-order valence-corrected chi connectivity index (χ4v) is 5.09. The first-order valence-corrected chi connectivity index (χ1v) is 9.54. The molecule has 23 heavy (non-hydrogen) atoms. The summed E-state index contributed by atoms with van der Waals surface area (Å²) in [6.45, 7) is 6.21. The normalized spacial score (nSPS) is 12.3. The van der Waals surface area contributed by atoms with Gasteiger partial charge in [0.1, 0.15) is 4.90 Å². The van der Waals surface area contributed by atoms with Gasteiger partial charge in [-0.05, 0) is 33.5 Å². The average Bonchev–Trinajstić information content (AvgIpc) is 2.41. The van der Waals surface area contributed by atoms with Crippen LogP contribution >= 0.6 is 27.5 Å². The van der Waals surface area contributed by atoms with E-state index in [4.69, 9.17) is 21.6 Å². The van der Waals surface area contributed by atoms with Crippen LogP contribution in [0.2, 0.25) is 5.02 Å². The first kappa shape index (κ1) is 20.2. The molecule has 0 N–H and O–H groups in total. The lowest BCUT2D eigenvalue weighted by Crippen LogP contribution is -2.38. The minimum Gasteiger partial charge on any atom is -0.494 e. The zero-order valence-corrected chi connectivity index (χ0v) is 16.7. The van der Waals surface area contributed by atoms with E-state index in [0.717, 1.165) is 0 Å². The van der Waals surface area contributed by atoms with Crippen LogP contribution in [0.3, 0.4) is 0 Å². The molecular formula is C15H20BrClN2O3S. The molecule has 1 rings (SSSR count). The number of sulfonamides is 1. The molecule has 1 aromatic carbocycles. The Hall–Kier alpha value is -0.810. The van der Waals surface area contributed by atoms with Gasteiger partial charge < -0.3 is 4.74 Å². The molecule has 0 saturated carbocycles. The zero-order chi connectivity index (χ0) is 17.8. The monoisotopic (exact) mass is 422 g/mol. The summed E-state index contributed by atoms with van der Waals surface area (Å²) in [5.74, 6) is 0.199. The molecule has 0 heterocycles. The first-order valence-electron chi connectivity index (χ1n) is 6.93. The summed E-state index contributed by atoms with van der Waals surface area (Å²) in [5, 5.41) is 9.10. The van der Waals surface area contributed by atoms with Gasteiger partial charge in [-0.3, -0.25) is 0 Å². The van der Waals surface area contributed by atoms with Crippen LogP contribution in [0.1, 0.15) is 27.2 Å². The first-order chi connectivity index (χ1) is 10.5. The van der Waals surface area contributed by atoms with Gasteiger partial charge in [0.25, 0.3) is 0 Å². The standard InChI is InChI=1S/C15H20BrClN2O3S/c1-15(2,3)10-19(7-5-6-18)23(20,21)13-9-11(17)8-12(16)14(13)22-4/h8-9H,5,7,10H2,1-4H3. The summed E-state index contributed by atoms with van der Waals surface area (Å²) in [7, 11) is -2.45. The number of rotatable bonds is 6. The second-order valence-electron chi connectivity index (χ2n) is 6.23. The largest absolute Gasteiger partial charge is 0.494 e. The van der Waals surface area contributed by atoms with Crippen molar-refractivity contribution in [3.8, 4) is 11.8 Å². The number of nitriles is 1. The molecule has 0 fully saturated rings. The average molecular weight is 424 g/mol. The molecule has 8 heteroatoms. The van der Waals surface area contributed by atoms with Crippen molar-refractivity contribution in [1.29, 1.82) is 5.26 Å². The summed E-state index contributed by atoms with van der Waals surface area (Å²) in [6, 6.07) is 4.92. The van der Waals surface area contributed by atoms with E-state index in [-0.39, 0.29) is 40.6 Å². The number of ether oxygens (including phenoxy) is 1. The van der Waals surface area contributed by atoms with E-state index in [1.54, 1.807) is 6.07 Å². The fourth-order valence-electron chi connectivity index (χ4n) is 2.05. The number of hydrogen-bond donors (Lipinski definition) is 0. The van der Waals surface area contributed by atoms with Crippen LogP contribution in [-0.2, 0) is 10.0 Å². The third-order valence-electron chi connectivity index (χ3n) is 2.92. The molecule has 128 valence electrons. The highest BCUT2D eigenvalue weighted by Gasteiger charge is 2.31. The molecule has 0 amide bonds. The molecule has 0 unspecified atom stereocenters. The maximum atomic E-state index is 13.1. The third-order valence-corrected chi connectivity index (χ3v) is 5.58. The maximum Gasteiger partial charge on any atom is 0.246 e. The third kappa shape index (κ3) is 5.35. The lowest BCUT2D eigenvalue weighted by Gasteiger charge is -2.29. The van der Waals surface area contributed by atoms with E-state index >= 15 is 0 Å². The maximum absolute atomic E-state index is 13.1. The molecule has 0 aromatic heterocycles. The van der Waals surface area contributed by atoms with Crippen LogP contribution in [0.5, 0.6) is 5.75 Å². The van der Waals surface area contributed by atoms with Gasteiger partial charge in [-0.2, -0.15) is 9.57 Å². The lowest BCUT2D eigenvalue weighted by atomic mass is 9.97. The van der Waals surface area contributed by atoms with Crippen molar-refractivity contribution in [3.05, 3.63) is 21.6 Å². The highest BCUT2D eigenvalue weighted by molar-refractivity contribution is 9.10. The molecular weight excluding hydrogens is 404 g/mol. The Morgan fingerprint density at radius 3 is 2.48 bits per heavy atom. The van der Waals surface area contributed by atoms with Crippen LogP contribution in [-0.4, -0.2) is 32.9 Å². The van der Waals surface area contributed by atoms with Gasteiger partial charge in [-0.1, -0.05) is 32.4 Å². The smallest absolute Gasteiger partial charge is 0.246 e. The molecule has 0 atom stereocenters. The van der Waals surface area contributed by atoms with E-state index < -0.39 is 10.0 Å². The van der Waals surface area contributed by atoms with E-state index in [9.17, 15) is 8.42 Å². The van der Waals surface area contributed by atoms with Crippen LogP contribution in [0.4, 0.5) is 0 Å². The second kappa shape index (κ2) is 7.84. The van der Waals surface area contributed by atoms with Gasteiger partial charge in [-0.25, -0.2) is 8.42 Å². The van der Waals surface area contributed by atoms with Crippen LogP contribution in [0, 0.1) is 16.7 Å². The Morgan fingerprint density at radius 1 is 1.39 bits per heavy atom. The van der Waals surface area contributed by atoms with Crippen molar-refractivity contribution in [3.63, 3.8) is 0 Å². The molecule has 0 aliphatic carbocycles. The van der Waals surface area contributed by atoms with E-state index in [0.29, 0.717) is 4.47 Å². The highest BCUT2D eigenvalue weighted by atomic mass is 79.9. The summed E-state index contributed by atoms with van der Waals surface area (Å²) < 4.78 is 33.1. The zero-order valence-electron chi connectivity index (χ0n) is 13.6. The Bertz CT molecular complexity index is 709. The minimum atomic E-state index is -3.85. The SMILES string of the molecule is COc1c(Br)cc(Cl)cc1S(=O)(=O)N(CCC#N)CC(C)(C)C. The lowest BCUT2D eigenvalue weighted by molar-refractivity contribution is 0.283. The number of nitrogens with zero attached hydrogens (tertiary/aromatic N) is 2. The Kier molecular flexibility index (Phi) is 6.90. The van der Waals surface area contributed by atoms with Crippen molar-refractivity contribution in [2.45, 2.75) is 32.1 Å². The van der Waals surface area contributed by atoms with Gasteiger partial charge in [-0.15, -0.1) is 0 Å². The van der Waals surface area contributed by atoms with Crippen LogP contribution in [0.15, 0.2) is 21.5 Å². The van der Waals surface area contributed by atoms with E-state index in [1.807, 2.05) is 26.8 Å². The predicted molar refractivity (Wildman–Crippen MR) is 94.1 cm³/mol. The van der Waals surface area contributed by atoms with Crippen molar-refractivity contribution in [1.82, 2.24) is 4.31 Å². The number of benzene rings is 1. The number of methoxy groups -OCH3 is 1. The highest BCUT2D eigenvalue weighted by Crippen LogP contribution is 2.37. The number of hydrogen-bond acceptors (Lipinski definition) is 4. The summed E-state index contributed by atoms with van der Waals surface area (Å²) >= 11 is 9.28. The van der Waals surface area contributed by atoms with Gasteiger partial charge in [0.15, 0.2) is 5.75 Å². The molecule has 1 aromatic rings. The van der Waals surface area contributed by atoms with Crippen molar-refractivity contribution < 1.29 is 13.2 Å². The molecule has 5 nitrogen and oxygen atoms in total. The Morgan fingerprint density at radius 2 is 2.00 bits per heavy atom. The number of halogens is 2. The minimum absolute atomic E-state index is 0.0124. The molecule has 0 bridgehead atoms. The van der Waals surface area contributed by atoms with Crippen LogP contribution in [0.25, 0.3) is 0 Å². The summed E-state index contributed by atoms with van der Waals surface area (Å²) in [5.41, 5.74) is -0.258. The van der Waals surface area contributed by atoms with Gasteiger partial charge in [0, 0.05) is 24.5 Å². The fraction of sp³-hybridized carbons (Fsp3) is 0.533. The van der Waals surface area contributed by atoms with Crippen molar-refractivity contribution in [2.24, 2.45) is 5.41 Å². The van der Waals surface area contributed by atoms with Crippen LogP contribution < -0.4 is 4.74 Å². The predicted octanol–water partition coefficient (Wildman–Crippen LogP) is 4.06. The molecule has 0 aliphatic heterocycles. The van der Waals surface area contributed by atoms with Gasteiger partial charge in [0.2, 0.25) is 10.0 Å². The molecule has 0 saturated heterocycles. The summed E-state index contributed by atoms with van der Waals surface area (Å²) in [6.07, 6.45) is 0.110. The second-order valence-corrected chi connectivity index (χ2v) is 9.42. The van der Waals surface area contributed by atoms with Gasteiger partial charge in [0.05, 0.1) is 17.7 Å². The van der Waals surface area contributed by atoms with E-state index in [1.165, 1.54) is 17.5 Å². The topological polar surface area (TPSA) is 70.4 Å². The van der Waals surface area contributed by atoms with E-state index in [2.05, 4.69) is 15.9 Å². The Balaban J connectivity index is 3.43. The molecule has 0 radical (unpaired) electrons. The Labute approximate surface area is 151 Å². The molecule has 0 aliphatic rings. The quantitative estimate of drug-likeness (QED) is 0.691. The van der Waals surface area contributed by atoms with Gasteiger partial charge >= 0.3 is 0 Å².